The number of ether oxygens (including phenoxy) is 2. The van der Waals surface area contributed by atoms with Crippen molar-refractivity contribution in [2.24, 2.45) is 0 Å². The van der Waals surface area contributed by atoms with Crippen LogP contribution in [0.2, 0.25) is 0 Å². The molecule has 1 heterocycles. The van der Waals surface area contributed by atoms with Gasteiger partial charge in [-0.15, -0.1) is 0 Å². The number of carbonyl (C=O) groups is 1. The summed E-state index contributed by atoms with van der Waals surface area (Å²) in [4.78, 5) is 33.4. The van der Waals surface area contributed by atoms with Gasteiger partial charge >= 0.3 is 0 Å². The number of anilines is 1. The molecule has 0 unspecified atom stereocenters. The van der Waals surface area contributed by atoms with Crippen molar-refractivity contribution < 1.29 is 14.3 Å². The van der Waals surface area contributed by atoms with Gasteiger partial charge in [-0.25, -0.2) is 9.55 Å². The molecule has 8 heteroatoms. The third-order valence-electron chi connectivity index (χ3n) is 6.11. The third kappa shape index (κ3) is 4.88. The van der Waals surface area contributed by atoms with Gasteiger partial charge in [-0.1, -0.05) is 18.2 Å². The zero-order valence-electron chi connectivity index (χ0n) is 20.9. The van der Waals surface area contributed by atoms with E-state index in [1.165, 1.54) is 0 Å². The number of rotatable bonds is 9. The van der Waals surface area contributed by atoms with E-state index in [0.29, 0.717) is 47.0 Å². The molecule has 0 saturated heterocycles. The maximum atomic E-state index is 13.6. The highest BCUT2D eigenvalue weighted by molar-refractivity contribution is 5.97. The number of hydrogen-bond acceptors (Lipinski definition) is 6. The predicted octanol–water partition coefficient (Wildman–Crippen LogP) is 4.18. The van der Waals surface area contributed by atoms with E-state index in [0.717, 1.165) is 11.3 Å². The maximum Gasteiger partial charge on any atom is 0.267 e. The molecule has 4 rings (SSSR count). The van der Waals surface area contributed by atoms with E-state index in [1.54, 1.807) is 43.1 Å². The van der Waals surface area contributed by atoms with Gasteiger partial charge in [-0.3, -0.25) is 9.59 Å². The molecule has 1 N–H and O–H groups in total. The van der Waals surface area contributed by atoms with Crippen molar-refractivity contribution >= 4 is 22.8 Å². The van der Waals surface area contributed by atoms with Crippen LogP contribution >= 0.6 is 0 Å². The van der Waals surface area contributed by atoms with Gasteiger partial charge in [0.25, 0.3) is 11.5 Å². The van der Waals surface area contributed by atoms with Crippen LogP contribution in [0.3, 0.4) is 0 Å². The first-order valence-corrected chi connectivity index (χ1v) is 11.9. The van der Waals surface area contributed by atoms with Crippen molar-refractivity contribution in [3.8, 4) is 17.2 Å². The van der Waals surface area contributed by atoms with Gasteiger partial charge in [0.1, 0.15) is 11.5 Å². The lowest BCUT2D eigenvalue weighted by Gasteiger charge is -2.24. The third-order valence-corrected chi connectivity index (χ3v) is 6.11. The molecule has 0 aliphatic rings. The first-order chi connectivity index (χ1) is 17.5. The number of methoxy groups -OCH3 is 2. The van der Waals surface area contributed by atoms with Crippen LogP contribution in [0.4, 0.5) is 5.95 Å². The van der Waals surface area contributed by atoms with Crippen LogP contribution in [0.25, 0.3) is 16.6 Å². The molecule has 1 amide bonds. The number of benzene rings is 3. The highest BCUT2D eigenvalue weighted by Gasteiger charge is 2.18. The first kappa shape index (κ1) is 24.8. The molecule has 8 nitrogen and oxygen atoms in total. The first-order valence-electron chi connectivity index (χ1n) is 11.9. The summed E-state index contributed by atoms with van der Waals surface area (Å²) in [5.41, 5.74) is 2.28. The fourth-order valence-electron chi connectivity index (χ4n) is 4.12. The van der Waals surface area contributed by atoms with Crippen LogP contribution in [0, 0.1) is 0 Å². The molecule has 0 atom stereocenters. The smallest absolute Gasteiger partial charge is 0.267 e. The highest BCUT2D eigenvalue weighted by atomic mass is 16.5. The Balaban J connectivity index is 1.70. The molecular weight excluding hydrogens is 456 g/mol. The lowest BCUT2D eigenvalue weighted by molar-refractivity contribution is 0.0951. The molecule has 0 saturated carbocycles. The molecule has 0 aliphatic heterocycles. The van der Waals surface area contributed by atoms with Crippen molar-refractivity contribution in [2.45, 2.75) is 20.4 Å². The molecule has 0 bridgehead atoms. The average Bonchev–Trinajstić information content (AvgIpc) is 2.92. The van der Waals surface area contributed by atoms with Gasteiger partial charge in [0.05, 0.1) is 30.8 Å². The molecular formula is C28H30N4O4. The van der Waals surface area contributed by atoms with Gasteiger partial charge in [0.2, 0.25) is 5.95 Å². The minimum Gasteiger partial charge on any atom is -0.497 e. The Morgan fingerprint density at radius 3 is 2.39 bits per heavy atom. The van der Waals surface area contributed by atoms with Crippen molar-refractivity contribution in [3.05, 3.63) is 88.2 Å². The number of aromatic nitrogens is 2. The molecule has 3 aromatic carbocycles. The molecule has 186 valence electrons. The van der Waals surface area contributed by atoms with Crippen molar-refractivity contribution in [1.29, 1.82) is 0 Å². The van der Waals surface area contributed by atoms with Gasteiger partial charge in [0.15, 0.2) is 0 Å². The molecule has 1 aromatic heterocycles. The van der Waals surface area contributed by atoms with E-state index in [-0.39, 0.29) is 18.0 Å². The van der Waals surface area contributed by atoms with E-state index in [4.69, 9.17) is 14.5 Å². The van der Waals surface area contributed by atoms with Crippen molar-refractivity contribution in [1.82, 2.24) is 14.9 Å². The fourth-order valence-corrected chi connectivity index (χ4v) is 4.12. The minimum absolute atomic E-state index is 0.178. The summed E-state index contributed by atoms with van der Waals surface area (Å²) in [6.45, 7) is 5.69. The summed E-state index contributed by atoms with van der Waals surface area (Å²) in [7, 11) is 3.16. The number of hydrogen-bond donors (Lipinski definition) is 1. The Morgan fingerprint density at radius 2 is 1.72 bits per heavy atom. The number of fused-ring (bicyclic) bond motifs is 1. The van der Waals surface area contributed by atoms with Crippen molar-refractivity contribution in [3.63, 3.8) is 0 Å². The Bertz CT molecular complexity index is 1430. The second kappa shape index (κ2) is 10.9. The van der Waals surface area contributed by atoms with E-state index in [9.17, 15) is 9.59 Å². The fraction of sp³-hybridized carbons (Fsp3) is 0.250. The van der Waals surface area contributed by atoms with Crippen LogP contribution in [-0.2, 0) is 6.54 Å². The zero-order chi connectivity index (χ0) is 25.7. The summed E-state index contributed by atoms with van der Waals surface area (Å²) in [5.74, 6) is 1.57. The molecule has 36 heavy (non-hydrogen) atoms. The van der Waals surface area contributed by atoms with Gasteiger partial charge in [-0.2, -0.15) is 0 Å². The molecule has 0 radical (unpaired) electrons. The number of carbonyl (C=O) groups excluding carboxylic acids is 1. The second-order valence-electron chi connectivity index (χ2n) is 8.15. The Morgan fingerprint density at radius 1 is 0.972 bits per heavy atom. The Kier molecular flexibility index (Phi) is 7.53. The predicted molar refractivity (Wildman–Crippen MR) is 142 cm³/mol. The van der Waals surface area contributed by atoms with E-state index >= 15 is 0 Å². The molecule has 0 fully saturated rings. The van der Waals surface area contributed by atoms with Crippen LogP contribution in [0.1, 0.15) is 29.8 Å². The standard InChI is InChI=1S/C28H30N4O4/c1-5-31(6-2)28-30-24-16-19(13-15-23(24)27(34)32(28)21-10-8-7-9-11-21)26(33)29-18-20-12-14-22(35-3)17-25(20)36-4/h7-17H,5-6,18H2,1-4H3,(H,29,33). The summed E-state index contributed by atoms with van der Waals surface area (Å²) < 4.78 is 12.3. The van der Waals surface area contributed by atoms with Gasteiger partial charge in [0, 0.05) is 36.8 Å². The molecule has 4 aromatic rings. The largest absolute Gasteiger partial charge is 0.497 e. The van der Waals surface area contributed by atoms with E-state index in [2.05, 4.69) is 5.32 Å². The summed E-state index contributed by atoms with van der Waals surface area (Å²) in [6.07, 6.45) is 0. The summed E-state index contributed by atoms with van der Waals surface area (Å²) in [6, 6.07) is 19.9. The average molecular weight is 487 g/mol. The summed E-state index contributed by atoms with van der Waals surface area (Å²) in [5, 5.41) is 3.37. The number of amides is 1. The lowest BCUT2D eigenvalue weighted by Crippen LogP contribution is -2.32. The van der Waals surface area contributed by atoms with Crippen LogP contribution in [0.15, 0.2) is 71.5 Å². The quantitative estimate of drug-likeness (QED) is 0.382. The van der Waals surface area contributed by atoms with E-state index < -0.39 is 0 Å². The van der Waals surface area contributed by atoms with Crippen molar-refractivity contribution in [2.75, 3.05) is 32.2 Å². The number of para-hydroxylation sites is 1. The topological polar surface area (TPSA) is 85.7 Å². The normalized spacial score (nSPS) is 10.8. The minimum atomic E-state index is -0.270. The molecule has 0 spiro atoms. The Labute approximate surface area is 210 Å². The van der Waals surface area contributed by atoms with Crippen LogP contribution in [0.5, 0.6) is 11.5 Å². The summed E-state index contributed by atoms with van der Waals surface area (Å²) >= 11 is 0. The Hall–Kier alpha value is -4.33. The monoisotopic (exact) mass is 486 g/mol. The van der Waals surface area contributed by atoms with Gasteiger partial charge in [-0.05, 0) is 56.3 Å². The van der Waals surface area contributed by atoms with Crippen LogP contribution in [-0.4, -0.2) is 42.8 Å². The number of nitrogens with one attached hydrogen (secondary N) is 1. The SMILES string of the molecule is CCN(CC)c1nc2cc(C(=O)NCc3ccc(OC)cc3OC)ccc2c(=O)n1-c1ccccc1. The maximum absolute atomic E-state index is 13.6. The zero-order valence-corrected chi connectivity index (χ0v) is 20.9. The second-order valence-corrected chi connectivity index (χ2v) is 8.15. The lowest BCUT2D eigenvalue weighted by atomic mass is 10.1. The van der Waals surface area contributed by atoms with Crippen LogP contribution < -0.4 is 25.2 Å². The molecule has 0 aliphatic carbocycles. The van der Waals surface area contributed by atoms with E-state index in [1.807, 2.05) is 61.2 Å². The number of nitrogens with zero attached hydrogens (tertiary/aromatic N) is 3. The van der Waals surface area contributed by atoms with Gasteiger partial charge < -0.3 is 19.7 Å². The highest BCUT2D eigenvalue weighted by Crippen LogP contribution is 2.25.